The molecule has 1 saturated heterocycles. The van der Waals surface area contributed by atoms with Crippen LogP contribution in [0.4, 0.5) is 0 Å². The van der Waals surface area contributed by atoms with Crippen LogP contribution in [0.15, 0.2) is 70.6 Å². The molecule has 1 aromatic heterocycles. The number of aryl methyl sites for hydroxylation is 1. The van der Waals surface area contributed by atoms with Crippen LogP contribution in [0.1, 0.15) is 5.56 Å². The summed E-state index contributed by atoms with van der Waals surface area (Å²) >= 11 is 6.29. The van der Waals surface area contributed by atoms with Crippen molar-refractivity contribution in [1.29, 1.82) is 0 Å². The summed E-state index contributed by atoms with van der Waals surface area (Å²) in [7, 11) is -1.98. The number of benzene rings is 2. The van der Waals surface area contributed by atoms with E-state index < -0.39 is 15.9 Å². The van der Waals surface area contributed by atoms with Gasteiger partial charge in [-0.1, -0.05) is 60.4 Å². The van der Waals surface area contributed by atoms with E-state index in [1.54, 1.807) is 24.3 Å². The molecule has 3 aromatic rings. The molecule has 142 valence electrons. The van der Waals surface area contributed by atoms with Crippen molar-refractivity contribution in [2.24, 2.45) is 7.05 Å². The van der Waals surface area contributed by atoms with Gasteiger partial charge < -0.3 is 4.57 Å². The number of thiocarbonyl (C=S) groups is 1. The number of carbonyl (C=O) groups is 1. The number of rotatable bonds is 4. The van der Waals surface area contributed by atoms with Gasteiger partial charge in [0.25, 0.3) is 15.9 Å². The van der Waals surface area contributed by atoms with Crippen LogP contribution in [-0.4, -0.2) is 28.2 Å². The summed E-state index contributed by atoms with van der Waals surface area (Å²) in [5.74, 6) is -0.498. The van der Waals surface area contributed by atoms with Gasteiger partial charge in [-0.3, -0.25) is 4.79 Å². The van der Waals surface area contributed by atoms with Gasteiger partial charge in [0.15, 0.2) is 4.32 Å². The Kier molecular flexibility index (Phi) is 4.84. The molecule has 0 atom stereocenters. The van der Waals surface area contributed by atoms with Crippen molar-refractivity contribution in [2.75, 3.05) is 0 Å². The molecule has 0 bridgehead atoms. The first-order valence-corrected chi connectivity index (χ1v) is 11.0. The van der Waals surface area contributed by atoms with Gasteiger partial charge in [-0.05, 0) is 24.3 Å². The smallest absolute Gasteiger partial charge is 0.281 e. The molecule has 2 aromatic carbocycles. The standard InChI is InChI=1S/C19H15N3O3S3/c1-21-12-13(15-9-5-6-10-16(15)21)11-17-18(23)22(19(26)27-17)20-28(24,25)14-7-3-2-4-8-14/h2-12,20H,1H3/b17-11-. The lowest BCUT2D eigenvalue weighted by Crippen LogP contribution is -2.44. The lowest BCUT2D eigenvalue weighted by atomic mass is 10.1. The van der Waals surface area contributed by atoms with Crippen molar-refractivity contribution in [3.8, 4) is 0 Å². The van der Waals surface area contributed by atoms with Crippen LogP contribution in [0.2, 0.25) is 0 Å². The number of hydrazine groups is 1. The molecular weight excluding hydrogens is 414 g/mol. The van der Waals surface area contributed by atoms with E-state index in [1.165, 1.54) is 12.1 Å². The van der Waals surface area contributed by atoms with Crippen LogP contribution < -0.4 is 4.83 Å². The third-order valence-corrected chi connectivity index (χ3v) is 6.89. The molecule has 0 radical (unpaired) electrons. The van der Waals surface area contributed by atoms with Gasteiger partial charge in [0.2, 0.25) is 0 Å². The maximum Gasteiger partial charge on any atom is 0.281 e. The van der Waals surface area contributed by atoms with Crippen LogP contribution in [-0.2, 0) is 21.9 Å². The normalized spacial score (nSPS) is 16.5. The number of aromatic nitrogens is 1. The largest absolute Gasteiger partial charge is 0.350 e. The summed E-state index contributed by atoms with van der Waals surface area (Å²) in [6.45, 7) is 0. The lowest BCUT2D eigenvalue weighted by Gasteiger charge is -2.15. The number of para-hydroxylation sites is 1. The number of nitrogens with zero attached hydrogens (tertiary/aromatic N) is 2. The third-order valence-electron chi connectivity index (χ3n) is 4.27. The number of sulfonamides is 1. The Balaban J connectivity index is 1.65. The zero-order chi connectivity index (χ0) is 19.9. The second-order valence-electron chi connectivity index (χ2n) is 6.14. The number of fused-ring (bicyclic) bond motifs is 1. The first-order valence-electron chi connectivity index (χ1n) is 8.26. The predicted octanol–water partition coefficient (Wildman–Crippen LogP) is 3.27. The fourth-order valence-corrected chi connectivity index (χ4v) is 5.27. The molecule has 0 saturated carbocycles. The fraction of sp³-hybridized carbons (Fsp3) is 0.0526. The Labute approximate surface area is 171 Å². The lowest BCUT2D eigenvalue weighted by molar-refractivity contribution is -0.123. The molecule has 1 aliphatic rings. The van der Waals surface area contributed by atoms with Crippen molar-refractivity contribution in [1.82, 2.24) is 14.4 Å². The fourth-order valence-electron chi connectivity index (χ4n) is 2.95. The van der Waals surface area contributed by atoms with Gasteiger partial charge in [0.05, 0.1) is 9.80 Å². The van der Waals surface area contributed by atoms with Gasteiger partial charge >= 0.3 is 0 Å². The van der Waals surface area contributed by atoms with E-state index in [2.05, 4.69) is 4.83 Å². The zero-order valence-corrected chi connectivity index (χ0v) is 17.1. The van der Waals surface area contributed by atoms with Gasteiger partial charge in [-0.15, -0.1) is 4.83 Å². The highest BCUT2D eigenvalue weighted by Crippen LogP contribution is 2.33. The number of carbonyl (C=O) groups excluding carboxylic acids is 1. The quantitative estimate of drug-likeness (QED) is 0.509. The van der Waals surface area contributed by atoms with Gasteiger partial charge in [0.1, 0.15) is 0 Å². The number of thioether (sulfide) groups is 1. The SMILES string of the molecule is Cn1cc(/C=C2\SC(=S)N(NS(=O)(=O)c3ccccc3)C2=O)c2ccccc21. The first kappa shape index (κ1) is 18.9. The second kappa shape index (κ2) is 7.17. The summed E-state index contributed by atoms with van der Waals surface area (Å²) in [6.07, 6.45) is 3.66. The Morgan fingerprint density at radius 3 is 2.50 bits per heavy atom. The summed E-state index contributed by atoms with van der Waals surface area (Å²) in [4.78, 5) is 15.5. The number of nitrogens with one attached hydrogen (secondary N) is 1. The highest BCUT2D eigenvalue weighted by Gasteiger charge is 2.35. The molecule has 6 nitrogen and oxygen atoms in total. The highest BCUT2D eigenvalue weighted by molar-refractivity contribution is 8.26. The summed E-state index contributed by atoms with van der Waals surface area (Å²) in [5.41, 5.74) is 1.90. The molecule has 1 fully saturated rings. The molecule has 2 heterocycles. The maximum atomic E-state index is 12.8. The van der Waals surface area contributed by atoms with E-state index in [0.29, 0.717) is 4.91 Å². The minimum atomic E-state index is -3.91. The van der Waals surface area contributed by atoms with Crippen molar-refractivity contribution in [2.45, 2.75) is 4.90 Å². The Bertz CT molecular complexity index is 1230. The highest BCUT2D eigenvalue weighted by atomic mass is 32.2. The molecule has 1 aliphatic heterocycles. The number of amides is 1. The Morgan fingerprint density at radius 2 is 1.75 bits per heavy atom. The molecule has 0 unspecified atom stereocenters. The monoisotopic (exact) mass is 429 g/mol. The van der Waals surface area contributed by atoms with Crippen LogP contribution in [0.5, 0.6) is 0 Å². The van der Waals surface area contributed by atoms with E-state index >= 15 is 0 Å². The average Bonchev–Trinajstić information content (AvgIpc) is 3.14. The third kappa shape index (κ3) is 3.37. The summed E-state index contributed by atoms with van der Waals surface area (Å²) in [5, 5.41) is 1.90. The molecule has 0 spiro atoms. The predicted molar refractivity (Wildman–Crippen MR) is 115 cm³/mol. The van der Waals surface area contributed by atoms with E-state index in [0.717, 1.165) is 33.2 Å². The van der Waals surface area contributed by atoms with E-state index in [1.807, 2.05) is 42.1 Å². The Morgan fingerprint density at radius 1 is 1.07 bits per heavy atom. The summed E-state index contributed by atoms with van der Waals surface area (Å²) in [6, 6.07) is 15.7. The molecular formula is C19H15N3O3S3. The van der Waals surface area contributed by atoms with Crippen molar-refractivity contribution in [3.63, 3.8) is 0 Å². The van der Waals surface area contributed by atoms with Crippen LogP contribution in [0.25, 0.3) is 17.0 Å². The van der Waals surface area contributed by atoms with Crippen LogP contribution in [0, 0.1) is 0 Å². The van der Waals surface area contributed by atoms with E-state index in [9.17, 15) is 13.2 Å². The molecule has 1 amide bonds. The topological polar surface area (TPSA) is 71.4 Å². The zero-order valence-electron chi connectivity index (χ0n) is 14.7. The Hall–Kier alpha value is -2.46. The molecule has 28 heavy (non-hydrogen) atoms. The molecule has 0 aliphatic carbocycles. The average molecular weight is 430 g/mol. The van der Waals surface area contributed by atoms with Crippen molar-refractivity contribution >= 4 is 61.2 Å². The maximum absolute atomic E-state index is 12.8. The van der Waals surface area contributed by atoms with Crippen LogP contribution >= 0.6 is 24.0 Å². The molecule has 1 N–H and O–H groups in total. The number of hydrogen-bond donors (Lipinski definition) is 1. The molecule has 9 heteroatoms. The van der Waals surface area contributed by atoms with Crippen molar-refractivity contribution in [3.05, 3.63) is 71.3 Å². The first-order chi connectivity index (χ1) is 13.4. The van der Waals surface area contributed by atoms with Gasteiger partial charge in [-0.2, -0.15) is 0 Å². The minimum absolute atomic E-state index is 0.0575. The van der Waals surface area contributed by atoms with E-state index in [4.69, 9.17) is 12.2 Å². The number of hydrogen-bond acceptors (Lipinski definition) is 5. The summed E-state index contributed by atoms with van der Waals surface area (Å²) < 4.78 is 27.2. The van der Waals surface area contributed by atoms with Crippen LogP contribution in [0.3, 0.4) is 0 Å². The van der Waals surface area contributed by atoms with Gasteiger partial charge in [-0.25, -0.2) is 13.4 Å². The minimum Gasteiger partial charge on any atom is -0.350 e. The van der Waals surface area contributed by atoms with Gasteiger partial charge in [0, 0.05) is 29.7 Å². The molecule has 4 rings (SSSR count). The van der Waals surface area contributed by atoms with Crippen molar-refractivity contribution < 1.29 is 13.2 Å². The second-order valence-corrected chi connectivity index (χ2v) is 9.47. The van der Waals surface area contributed by atoms with E-state index in [-0.39, 0.29) is 9.22 Å².